The monoisotopic (exact) mass is 652 g/mol. The zero-order valence-corrected chi connectivity index (χ0v) is 25.0. The lowest BCUT2D eigenvalue weighted by Gasteiger charge is -2.14. The minimum atomic E-state index is -4.60. The van der Waals surface area contributed by atoms with Gasteiger partial charge in [0.15, 0.2) is 11.5 Å². The molecule has 1 atom stereocenters. The molecule has 0 fully saturated rings. The quantitative estimate of drug-likeness (QED) is 0.0515. The summed E-state index contributed by atoms with van der Waals surface area (Å²) in [7, 11) is -8.87. The fraction of sp³-hybridized carbons (Fsp3) is 0.375. The Morgan fingerprint density at radius 2 is 1.65 bits per heavy atom. The fourth-order valence-corrected chi connectivity index (χ4v) is 7.44. The minimum absolute atomic E-state index is 0.154. The van der Waals surface area contributed by atoms with E-state index in [1.54, 1.807) is 18.2 Å². The molecule has 0 aliphatic heterocycles. The van der Waals surface area contributed by atoms with Gasteiger partial charge in [-0.05, 0) is 66.4 Å². The molecule has 3 aromatic rings. The highest BCUT2D eigenvalue weighted by Gasteiger charge is 2.27. The topological polar surface area (TPSA) is 232 Å². The SMILES string of the molecule is N#Cc1ccc(OP(=O)(O)CNS(=O)(=O)c2cc3cc(OCCCCN=[N+]=[N-])c(OCCCCN=[N+]=[N-])cc3s2)cc1F. The molecule has 2 N–H and O–H groups in total. The number of fused-ring (bicyclic) bond motifs is 1. The Labute approximate surface area is 249 Å². The van der Waals surface area contributed by atoms with Gasteiger partial charge in [0.05, 0.1) is 18.8 Å². The van der Waals surface area contributed by atoms with Gasteiger partial charge in [-0.1, -0.05) is 10.2 Å². The Balaban J connectivity index is 1.74. The number of rotatable bonds is 18. The maximum atomic E-state index is 13.8. The maximum Gasteiger partial charge on any atom is 0.391 e. The molecule has 0 aliphatic carbocycles. The number of hydrogen-bond acceptors (Lipinski definition) is 10. The number of benzene rings is 2. The van der Waals surface area contributed by atoms with Crippen LogP contribution in [0.3, 0.4) is 0 Å². The Kier molecular flexibility index (Phi) is 12.4. The zero-order valence-electron chi connectivity index (χ0n) is 22.5. The van der Waals surface area contributed by atoms with E-state index >= 15 is 0 Å². The third kappa shape index (κ3) is 10.3. The first-order valence-corrected chi connectivity index (χ1v) is 16.7. The lowest BCUT2D eigenvalue weighted by atomic mass is 10.2. The smallest absolute Gasteiger partial charge is 0.391 e. The number of unbranched alkanes of at least 4 members (excludes halogenated alkanes) is 2. The van der Waals surface area contributed by atoms with Crippen molar-refractivity contribution in [2.24, 2.45) is 10.2 Å². The van der Waals surface area contributed by atoms with Gasteiger partial charge < -0.3 is 18.9 Å². The van der Waals surface area contributed by atoms with Crippen molar-refractivity contribution in [3.05, 3.63) is 68.7 Å². The van der Waals surface area contributed by atoms with E-state index in [9.17, 15) is 22.3 Å². The number of sulfonamides is 1. The van der Waals surface area contributed by atoms with Gasteiger partial charge in [-0.2, -0.15) is 9.98 Å². The number of ether oxygens (including phenoxy) is 2. The molecule has 0 saturated carbocycles. The highest BCUT2D eigenvalue weighted by molar-refractivity contribution is 7.92. The molecule has 0 bridgehead atoms. The second-order valence-corrected chi connectivity index (χ2v) is 13.6. The van der Waals surface area contributed by atoms with E-state index in [0.717, 1.165) is 29.5 Å². The summed E-state index contributed by atoms with van der Waals surface area (Å²) >= 11 is 0.895. The van der Waals surface area contributed by atoms with Crippen LogP contribution in [-0.2, 0) is 14.6 Å². The lowest BCUT2D eigenvalue weighted by Crippen LogP contribution is -2.25. The number of nitriles is 1. The Bertz CT molecular complexity index is 1670. The molecule has 0 aliphatic rings. The van der Waals surface area contributed by atoms with E-state index in [2.05, 4.69) is 20.1 Å². The molecule has 0 radical (unpaired) electrons. The van der Waals surface area contributed by atoms with Gasteiger partial charge in [0, 0.05) is 39.7 Å². The van der Waals surface area contributed by atoms with E-state index in [-0.39, 0.29) is 28.7 Å². The molecule has 43 heavy (non-hydrogen) atoms. The average Bonchev–Trinajstić information content (AvgIpc) is 3.39. The van der Waals surface area contributed by atoms with Crippen LogP contribution in [0.1, 0.15) is 31.2 Å². The minimum Gasteiger partial charge on any atom is -0.490 e. The van der Waals surface area contributed by atoms with Crippen LogP contribution in [0.4, 0.5) is 4.39 Å². The molecule has 228 valence electrons. The Morgan fingerprint density at radius 3 is 2.23 bits per heavy atom. The summed E-state index contributed by atoms with van der Waals surface area (Å²) in [5, 5.41) is 16.3. The van der Waals surface area contributed by atoms with Crippen molar-refractivity contribution in [3.63, 3.8) is 0 Å². The van der Waals surface area contributed by atoms with E-state index in [0.29, 0.717) is 60.4 Å². The molecule has 2 aromatic carbocycles. The summed E-state index contributed by atoms with van der Waals surface area (Å²) in [6.07, 6.45) is 1.39. The second kappa shape index (κ2) is 16.0. The molecule has 0 spiro atoms. The van der Waals surface area contributed by atoms with Crippen LogP contribution in [-0.4, -0.2) is 45.9 Å². The van der Waals surface area contributed by atoms with Gasteiger partial charge in [0.25, 0.3) is 10.0 Å². The third-order valence-electron chi connectivity index (χ3n) is 5.53. The standard InChI is InChI=1S/C24H26FN8O7PS2/c25-20-13-19(6-5-17(20)15-26)40-41(34,35)16-31-43(36,37)24-12-18-11-21(38-9-3-1-7-29-32-27)22(14-23(18)42-24)39-10-4-2-8-30-33-28/h5-6,11-14,31H,1-4,7-10,16H2,(H,34,35). The van der Waals surface area contributed by atoms with Crippen molar-refractivity contribution >= 4 is 39.0 Å². The number of thiophene rings is 1. The first-order chi connectivity index (χ1) is 20.6. The average molecular weight is 653 g/mol. The summed E-state index contributed by atoms with van der Waals surface area (Å²) < 4.78 is 71.4. The van der Waals surface area contributed by atoms with E-state index in [1.165, 1.54) is 6.07 Å². The largest absolute Gasteiger partial charge is 0.490 e. The van der Waals surface area contributed by atoms with Gasteiger partial charge in [0.2, 0.25) is 0 Å². The van der Waals surface area contributed by atoms with Crippen LogP contribution >= 0.6 is 18.9 Å². The van der Waals surface area contributed by atoms with E-state index in [4.69, 9.17) is 30.3 Å². The van der Waals surface area contributed by atoms with Crippen LogP contribution in [0.25, 0.3) is 31.0 Å². The molecule has 0 saturated heterocycles. The van der Waals surface area contributed by atoms with Crippen molar-refractivity contribution < 1.29 is 36.3 Å². The number of nitrogens with zero attached hydrogens (tertiary/aromatic N) is 7. The Morgan fingerprint density at radius 1 is 1.02 bits per heavy atom. The van der Waals surface area contributed by atoms with Crippen LogP contribution in [0, 0.1) is 17.1 Å². The fourth-order valence-electron chi connectivity index (χ4n) is 3.48. The number of hydrogen-bond donors (Lipinski definition) is 2. The summed E-state index contributed by atoms with van der Waals surface area (Å²) in [5.41, 5.74) is 16.5. The predicted octanol–water partition coefficient (Wildman–Crippen LogP) is 6.35. The summed E-state index contributed by atoms with van der Waals surface area (Å²) in [5.74, 6) is -0.574. The van der Waals surface area contributed by atoms with Gasteiger partial charge in [0.1, 0.15) is 28.1 Å². The number of nitrogens with one attached hydrogen (secondary N) is 1. The predicted molar refractivity (Wildman–Crippen MR) is 156 cm³/mol. The second-order valence-electron chi connectivity index (χ2n) is 8.71. The van der Waals surface area contributed by atoms with Gasteiger partial charge in [-0.25, -0.2) is 17.4 Å². The number of halogens is 1. The molecule has 1 heterocycles. The van der Waals surface area contributed by atoms with Gasteiger partial charge in [-0.3, -0.25) is 0 Å². The molecular weight excluding hydrogens is 626 g/mol. The van der Waals surface area contributed by atoms with Gasteiger partial charge >= 0.3 is 7.60 Å². The Hall–Kier alpha value is -4.06. The van der Waals surface area contributed by atoms with E-state index in [1.807, 2.05) is 4.72 Å². The highest BCUT2D eigenvalue weighted by Crippen LogP contribution is 2.43. The zero-order chi connectivity index (χ0) is 31.3. The van der Waals surface area contributed by atoms with Crippen LogP contribution in [0.5, 0.6) is 17.2 Å². The molecule has 19 heteroatoms. The van der Waals surface area contributed by atoms with Crippen molar-refractivity contribution in [1.82, 2.24) is 4.72 Å². The first-order valence-electron chi connectivity index (χ1n) is 12.6. The summed E-state index contributed by atoms with van der Waals surface area (Å²) in [4.78, 5) is 15.6. The third-order valence-corrected chi connectivity index (χ3v) is 9.78. The lowest BCUT2D eigenvalue weighted by molar-refractivity contribution is 0.261. The van der Waals surface area contributed by atoms with Crippen molar-refractivity contribution in [3.8, 4) is 23.3 Å². The molecule has 1 unspecified atom stereocenters. The highest BCUT2D eigenvalue weighted by atomic mass is 32.2. The normalized spacial score (nSPS) is 12.4. The maximum absolute atomic E-state index is 13.8. The van der Waals surface area contributed by atoms with Crippen LogP contribution in [0.2, 0.25) is 0 Å². The van der Waals surface area contributed by atoms with E-state index < -0.39 is 29.7 Å². The first kappa shape index (κ1) is 33.4. The molecule has 1 aromatic heterocycles. The molecule has 15 nitrogen and oxygen atoms in total. The van der Waals surface area contributed by atoms with Crippen LogP contribution in [0.15, 0.2) is 50.8 Å². The molecule has 0 amide bonds. The molecule has 3 rings (SSSR count). The summed E-state index contributed by atoms with van der Waals surface area (Å²) in [6.45, 7) is 1.21. The molecular formula is C24H26FN8O7PS2. The summed E-state index contributed by atoms with van der Waals surface area (Å²) in [6, 6.07) is 9.16. The van der Waals surface area contributed by atoms with Crippen molar-refractivity contribution in [2.75, 3.05) is 32.6 Å². The van der Waals surface area contributed by atoms with Crippen LogP contribution < -0.4 is 18.7 Å². The van der Waals surface area contributed by atoms with Crippen molar-refractivity contribution in [2.45, 2.75) is 29.9 Å². The van der Waals surface area contributed by atoms with Gasteiger partial charge in [-0.15, -0.1) is 11.3 Å². The number of azide groups is 2. The van der Waals surface area contributed by atoms with Crippen molar-refractivity contribution in [1.29, 1.82) is 5.26 Å².